The number of halogens is 1. The van der Waals surface area contributed by atoms with Gasteiger partial charge in [0.25, 0.3) is 5.91 Å². The zero-order valence-corrected chi connectivity index (χ0v) is 15.7. The van der Waals surface area contributed by atoms with Gasteiger partial charge in [-0.25, -0.2) is 4.68 Å². The maximum atomic E-state index is 12.6. The van der Waals surface area contributed by atoms with Crippen molar-refractivity contribution in [1.82, 2.24) is 9.78 Å². The lowest BCUT2D eigenvalue weighted by atomic mass is 10.2. The summed E-state index contributed by atoms with van der Waals surface area (Å²) in [6.07, 6.45) is 1.61. The number of nitrogens with zero attached hydrogens (tertiary/aromatic N) is 2. The minimum absolute atomic E-state index is 0.0514. The molecule has 1 N–H and O–H groups in total. The Labute approximate surface area is 160 Å². The predicted octanol–water partition coefficient (Wildman–Crippen LogP) is 4.11. The molecule has 0 fully saturated rings. The molecule has 0 aliphatic carbocycles. The predicted molar refractivity (Wildman–Crippen MR) is 104 cm³/mol. The minimum atomic E-state index is -0.503. The zero-order valence-electron chi connectivity index (χ0n) is 13.3. The van der Waals surface area contributed by atoms with Gasteiger partial charge >= 0.3 is 0 Å². The fraction of sp³-hybridized carbons (Fsp3) is 0.0556. The van der Waals surface area contributed by atoms with E-state index < -0.39 is 5.91 Å². The molecular formula is C18H12BrN3O3S. The minimum Gasteiger partial charge on any atom is -0.451 e. The lowest BCUT2D eigenvalue weighted by molar-refractivity contribution is 0.0996. The molecule has 0 saturated carbocycles. The third kappa shape index (κ3) is 3.33. The smallest absolute Gasteiger partial charge is 0.292 e. The number of hydrogen-bond acceptors (Lipinski definition) is 5. The molecule has 4 aromatic rings. The van der Waals surface area contributed by atoms with Crippen LogP contribution in [0, 0.1) is 0 Å². The summed E-state index contributed by atoms with van der Waals surface area (Å²) in [5.74, 6) is -0.0261. The normalized spacial score (nSPS) is 11.0. The monoisotopic (exact) mass is 429 g/mol. The highest BCUT2D eigenvalue weighted by atomic mass is 79.9. The van der Waals surface area contributed by atoms with E-state index >= 15 is 0 Å². The van der Waals surface area contributed by atoms with Gasteiger partial charge in [0, 0.05) is 21.5 Å². The standard InChI is InChI=1S/C18H12BrN3O3S/c19-11-3-4-13-14(23)9-16(25-15(13)8-11)18(24)21-17-5-6-20-22(17)10-12-2-1-7-26-12/h1-9H,10H2,(H,21,24). The van der Waals surface area contributed by atoms with E-state index in [1.807, 2.05) is 17.5 Å². The molecular weight excluding hydrogens is 418 g/mol. The Bertz CT molecular complexity index is 1150. The summed E-state index contributed by atoms with van der Waals surface area (Å²) < 4.78 is 8.05. The van der Waals surface area contributed by atoms with E-state index in [0.29, 0.717) is 23.3 Å². The summed E-state index contributed by atoms with van der Waals surface area (Å²) in [5.41, 5.74) is 0.0834. The van der Waals surface area contributed by atoms with Gasteiger partial charge in [-0.2, -0.15) is 5.10 Å². The molecule has 6 nitrogen and oxygen atoms in total. The molecule has 0 aliphatic heterocycles. The van der Waals surface area contributed by atoms with Gasteiger partial charge in [-0.15, -0.1) is 11.3 Å². The third-order valence-corrected chi connectivity index (χ3v) is 5.11. The first-order valence-corrected chi connectivity index (χ1v) is 9.36. The Balaban J connectivity index is 1.62. The van der Waals surface area contributed by atoms with Crippen LogP contribution in [0.25, 0.3) is 11.0 Å². The second kappa shape index (κ2) is 6.89. The molecule has 0 bridgehead atoms. The highest BCUT2D eigenvalue weighted by Gasteiger charge is 2.15. The van der Waals surface area contributed by atoms with Crippen LogP contribution in [0.4, 0.5) is 5.82 Å². The Kier molecular flexibility index (Phi) is 4.44. The first-order chi connectivity index (χ1) is 12.6. The van der Waals surface area contributed by atoms with Crippen LogP contribution in [-0.2, 0) is 6.54 Å². The number of thiophene rings is 1. The van der Waals surface area contributed by atoms with Gasteiger partial charge in [0.2, 0.25) is 0 Å². The van der Waals surface area contributed by atoms with Crippen molar-refractivity contribution in [3.63, 3.8) is 0 Å². The van der Waals surface area contributed by atoms with Crippen LogP contribution >= 0.6 is 27.3 Å². The van der Waals surface area contributed by atoms with Gasteiger partial charge < -0.3 is 9.73 Å². The van der Waals surface area contributed by atoms with Crippen molar-refractivity contribution in [3.8, 4) is 0 Å². The maximum absolute atomic E-state index is 12.6. The number of rotatable bonds is 4. The Morgan fingerprint density at radius 3 is 2.96 bits per heavy atom. The van der Waals surface area contributed by atoms with E-state index in [1.54, 1.807) is 46.5 Å². The van der Waals surface area contributed by atoms with Crippen LogP contribution < -0.4 is 10.7 Å². The third-order valence-electron chi connectivity index (χ3n) is 3.76. The highest BCUT2D eigenvalue weighted by Crippen LogP contribution is 2.19. The lowest BCUT2D eigenvalue weighted by Crippen LogP contribution is -2.17. The second-order valence-electron chi connectivity index (χ2n) is 5.52. The molecule has 0 saturated heterocycles. The first-order valence-electron chi connectivity index (χ1n) is 7.69. The molecule has 3 aromatic heterocycles. The van der Waals surface area contributed by atoms with Crippen LogP contribution in [0.2, 0.25) is 0 Å². The molecule has 3 heterocycles. The molecule has 0 radical (unpaired) electrons. The van der Waals surface area contributed by atoms with Crippen molar-refractivity contribution in [2.24, 2.45) is 0 Å². The summed E-state index contributed by atoms with van der Waals surface area (Å²) >= 11 is 4.94. The fourth-order valence-corrected chi connectivity index (χ4v) is 3.56. The molecule has 8 heteroatoms. The van der Waals surface area contributed by atoms with Crippen LogP contribution in [0.1, 0.15) is 15.4 Å². The van der Waals surface area contributed by atoms with Crippen LogP contribution in [0.15, 0.2) is 67.7 Å². The van der Waals surface area contributed by atoms with Crippen molar-refractivity contribution in [2.45, 2.75) is 6.54 Å². The number of carbonyl (C=O) groups is 1. The summed E-state index contributed by atoms with van der Waals surface area (Å²) in [6.45, 7) is 0.550. The quantitative estimate of drug-likeness (QED) is 0.529. The first kappa shape index (κ1) is 16.7. The Hall–Kier alpha value is -2.71. The molecule has 0 atom stereocenters. The summed E-state index contributed by atoms with van der Waals surface area (Å²) in [5, 5.41) is 9.38. The van der Waals surface area contributed by atoms with E-state index in [2.05, 4.69) is 26.3 Å². The number of carbonyl (C=O) groups excluding carboxylic acids is 1. The van der Waals surface area contributed by atoms with Crippen molar-refractivity contribution in [3.05, 3.63) is 79.4 Å². The van der Waals surface area contributed by atoms with E-state index in [4.69, 9.17) is 4.42 Å². The topological polar surface area (TPSA) is 77.1 Å². The molecule has 26 heavy (non-hydrogen) atoms. The van der Waals surface area contributed by atoms with E-state index in [1.165, 1.54) is 6.07 Å². The number of hydrogen-bond donors (Lipinski definition) is 1. The van der Waals surface area contributed by atoms with E-state index in [9.17, 15) is 9.59 Å². The molecule has 4 rings (SSSR count). The van der Waals surface area contributed by atoms with Gasteiger partial charge in [-0.1, -0.05) is 22.0 Å². The number of benzene rings is 1. The maximum Gasteiger partial charge on any atom is 0.292 e. The molecule has 0 aliphatic rings. The van der Waals surface area contributed by atoms with Crippen molar-refractivity contribution in [1.29, 1.82) is 0 Å². The molecule has 1 aromatic carbocycles. The van der Waals surface area contributed by atoms with Crippen molar-refractivity contribution >= 4 is 50.0 Å². The Morgan fingerprint density at radius 2 is 2.15 bits per heavy atom. The van der Waals surface area contributed by atoms with Crippen LogP contribution in [-0.4, -0.2) is 15.7 Å². The fourth-order valence-electron chi connectivity index (χ4n) is 2.53. The van der Waals surface area contributed by atoms with Gasteiger partial charge in [0.1, 0.15) is 11.4 Å². The average Bonchev–Trinajstić information content (AvgIpc) is 3.27. The number of anilines is 1. The summed E-state index contributed by atoms with van der Waals surface area (Å²) in [7, 11) is 0. The number of fused-ring (bicyclic) bond motifs is 1. The molecule has 1 amide bonds. The van der Waals surface area contributed by atoms with Crippen LogP contribution in [0.3, 0.4) is 0 Å². The molecule has 0 unspecified atom stereocenters. The largest absolute Gasteiger partial charge is 0.451 e. The average molecular weight is 430 g/mol. The van der Waals surface area contributed by atoms with E-state index in [-0.39, 0.29) is 11.2 Å². The van der Waals surface area contributed by atoms with Crippen molar-refractivity contribution in [2.75, 3.05) is 5.32 Å². The number of nitrogens with one attached hydrogen (secondary N) is 1. The SMILES string of the molecule is O=C(Nc1ccnn1Cc1cccs1)c1cc(=O)c2ccc(Br)cc2o1. The summed E-state index contributed by atoms with van der Waals surface area (Å²) in [6, 6.07) is 11.9. The zero-order chi connectivity index (χ0) is 18.1. The van der Waals surface area contributed by atoms with E-state index in [0.717, 1.165) is 9.35 Å². The van der Waals surface area contributed by atoms with Gasteiger partial charge in [0.15, 0.2) is 11.2 Å². The number of aromatic nitrogens is 2. The molecule has 130 valence electrons. The summed E-state index contributed by atoms with van der Waals surface area (Å²) in [4.78, 5) is 25.9. The number of amides is 1. The van der Waals surface area contributed by atoms with Crippen molar-refractivity contribution < 1.29 is 9.21 Å². The van der Waals surface area contributed by atoms with Gasteiger partial charge in [0.05, 0.1) is 18.1 Å². The highest BCUT2D eigenvalue weighted by molar-refractivity contribution is 9.10. The van der Waals surface area contributed by atoms with Crippen LogP contribution in [0.5, 0.6) is 0 Å². The molecule has 0 spiro atoms. The van der Waals surface area contributed by atoms with Gasteiger partial charge in [-0.05, 0) is 29.6 Å². The second-order valence-corrected chi connectivity index (χ2v) is 7.47. The lowest BCUT2D eigenvalue weighted by Gasteiger charge is -2.08. The Morgan fingerprint density at radius 1 is 1.27 bits per heavy atom. The van der Waals surface area contributed by atoms with Gasteiger partial charge in [-0.3, -0.25) is 9.59 Å².